The first-order valence-electron chi connectivity index (χ1n) is 6.88. The Morgan fingerprint density at radius 3 is 3.10 bits per heavy atom. The van der Waals surface area contributed by atoms with Crippen LogP contribution in [0.2, 0.25) is 0 Å². The van der Waals surface area contributed by atoms with E-state index < -0.39 is 0 Å². The van der Waals surface area contributed by atoms with E-state index in [2.05, 4.69) is 15.4 Å². The third kappa shape index (κ3) is 1.92. The fourth-order valence-electron chi connectivity index (χ4n) is 2.63. The van der Waals surface area contributed by atoms with Crippen LogP contribution in [0.3, 0.4) is 0 Å². The van der Waals surface area contributed by atoms with Gasteiger partial charge >= 0.3 is 5.97 Å². The number of aryl methyl sites for hydroxylation is 1. The highest BCUT2D eigenvalue weighted by Crippen LogP contribution is 2.33. The summed E-state index contributed by atoms with van der Waals surface area (Å²) in [5, 5.41) is 8.80. The van der Waals surface area contributed by atoms with Crippen molar-refractivity contribution >= 4 is 22.8 Å². The Hall–Kier alpha value is -2.11. The maximum Gasteiger partial charge on any atom is 0.312 e. The van der Waals surface area contributed by atoms with Crippen LogP contribution in [0, 0.1) is 12.8 Å². The lowest BCUT2D eigenvalue weighted by molar-refractivity contribution is -0.149. The van der Waals surface area contributed by atoms with Crippen LogP contribution in [0.25, 0.3) is 11.0 Å². The molecular weight excluding hydrogens is 256 g/mol. The van der Waals surface area contributed by atoms with Gasteiger partial charge in [0, 0.05) is 12.2 Å². The lowest BCUT2D eigenvalue weighted by Crippen LogP contribution is -2.37. The molecule has 0 aliphatic carbocycles. The molecule has 0 bridgehead atoms. The molecule has 106 valence electrons. The van der Waals surface area contributed by atoms with Crippen molar-refractivity contribution < 1.29 is 9.53 Å². The molecular formula is C14H18N4O2. The second kappa shape index (κ2) is 4.77. The van der Waals surface area contributed by atoms with Crippen molar-refractivity contribution in [2.45, 2.75) is 26.8 Å². The van der Waals surface area contributed by atoms with Crippen molar-refractivity contribution in [1.29, 1.82) is 0 Å². The summed E-state index contributed by atoms with van der Waals surface area (Å²) < 4.78 is 6.97. The minimum atomic E-state index is -0.224. The first-order valence-corrected chi connectivity index (χ1v) is 6.88. The number of ether oxygens (including phenoxy) is 1. The topological polar surface area (TPSA) is 69.0 Å². The van der Waals surface area contributed by atoms with Gasteiger partial charge in [0.05, 0.1) is 24.0 Å². The molecule has 0 spiro atoms. The van der Waals surface area contributed by atoms with Crippen molar-refractivity contribution in [2.24, 2.45) is 5.92 Å². The minimum absolute atomic E-state index is 0.0418. The number of anilines is 1. The predicted molar refractivity (Wildman–Crippen MR) is 75.6 cm³/mol. The zero-order valence-electron chi connectivity index (χ0n) is 11.9. The Bertz CT molecular complexity index is 664. The number of esters is 1. The predicted octanol–water partition coefficient (Wildman–Crippen LogP) is 1.91. The summed E-state index contributed by atoms with van der Waals surface area (Å²) in [5.74, 6) is 0.528. The van der Waals surface area contributed by atoms with Gasteiger partial charge in [0.25, 0.3) is 0 Å². The van der Waals surface area contributed by atoms with Crippen LogP contribution in [0.5, 0.6) is 0 Å². The number of nitrogens with one attached hydrogen (secondary N) is 1. The van der Waals surface area contributed by atoms with Crippen molar-refractivity contribution in [3.05, 3.63) is 17.8 Å². The van der Waals surface area contributed by atoms with Crippen LogP contribution in [0.15, 0.2) is 12.1 Å². The Morgan fingerprint density at radius 1 is 1.55 bits per heavy atom. The molecule has 0 saturated carbocycles. The smallest absolute Gasteiger partial charge is 0.312 e. The van der Waals surface area contributed by atoms with Crippen molar-refractivity contribution in [1.82, 2.24) is 14.8 Å². The van der Waals surface area contributed by atoms with Crippen LogP contribution in [0.4, 0.5) is 5.82 Å². The third-order valence-electron chi connectivity index (χ3n) is 3.75. The molecule has 2 aromatic rings. The van der Waals surface area contributed by atoms with Crippen LogP contribution < -0.4 is 5.32 Å². The number of fused-ring (bicyclic) bond motifs is 3. The molecule has 3 heterocycles. The summed E-state index contributed by atoms with van der Waals surface area (Å²) in [6.07, 6.45) is 0. The van der Waals surface area contributed by atoms with Gasteiger partial charge in [0.2, 0.25) is 0 Å². The van der Waals surface area contributed by atoms with E-state index in [1.165, 1.54) is 0 Å². The number of hydrogen-bond donors (Lipinski definition) is 1. The van der Waals surface area contributed by atoms with E-state index >= 15 is 0 Å². The van der Waals surface area contributed by atoms with Gasteiger partial charge in [-0.1, -0.05) is 0 Å². The fourth-order valence-corrected chi connectivity index (χ4v) is 2.63. The Labute approximate surface area is 117 Å². The molecule has 1 aliphatic rings. The standard InChI is InChI=1S/C14H18N4O2/c1-4-20-14(19)11-7-15-13-10-6-5-8(2)16-12(10)17-18(13)9(11)3/h5-6,9,11,15H,4,7H2,1-3H3. The molecule has 6 nitrogen and oxygen atoms in total. The quantitative estimate of drug-likeness (QED) is 0.847. The van der Waals surface area contributed by atoms with E-state index in [0.717, 1.165) is 16.9 Å². The largest absolute Gasteiger partial charge is 0.466 e. The van der Waals surface area contributed by atoms with Crippen LogP contribution in [-0.4, -0.2) is 33.9 Å². The van der Waals surface area contributed by atoms with E-state index in [0.29, 0.717) is 18.8 Å². The third-order valence-corrected chi connectivity index (χ3v) is 3.75. The first-order chi connectivity index (χ1) is 9.61. The summed E-state index contributed by atoms with van der Waals surface area (Å²) >= 11 is 0. The van der Waals surface area contributed by atoms with E-state index in [-0.39, 0.29) is 17.9 Å². The lowest BCUT2D eigenvalue weighted by Gasteiger charge is -2.29. The van der Waals surface area contributed by atoms with E-state index in [9.17, 15) is 4.79 Å². The summed E-state index contributed by atoms with van der Waals surface area (Å²) in [5.41, 5.74) is 1.64. The zero-order chi connectivity index (χ0) is 14.3. The van der Waals surface area contributed by atoms with E-state index in [1.807, 2.05) is 37.6 Å². The lowest BCUT2D eigenvalue weighted by atomic mass is 9.99. The van der Waals surface area contributed by atoms with Gasteiger partial charge in [-0.25, -0.2) is 9.67 Å². The average Bonchev–Trinajstić information content (AvgIpc) is 2.78. The molecule has 2 unspecified atom stereocenters. The first kappa shape index (κ1) is 12.9. The number of carbonyl (C=O) groups excluding carboxylic acids is 1. The number of nitrogens with zero attached hydrogens (tertiary/aromatic N) is 3. The summed E-state index contributed by atoms with van der Waals surface area (Å²) in [6.45, 7) is 6.71. The van der Waals surface area contributed by atoms with Crippen LogP contribution in [-0.2, 0) is 9.53 Å². The zero-order valence-corrected chi connectivity index (χ0v) is 11.9. The summed E-state index contributed by atoms with van der Waals surface area (Å²) in [6, 6.07) is 3.94. The highest BCUT2D eigenvalue weighted by atomic mass is 16.5. The number of rotatable bonds is 2. The van der Waals surface area contributed by atoms with Gasteiger partial charge in [-0.15, -0.1) is 0 Å². The Morgan fingerprint density at radius 2 is 2.35 bits per heavy atom. The normalized spacial score (nSPS) is 21.4. The fraction of sp³-hybridized carbons (Fsp3) is 0.500. The second-order valence-electron chi connectivity index (χ2n) is 5.10. The van der Waals surface area contributed by atoms with Crippen molar-refractivity contribution in [2.75, 3.05) is 18.5 Å². The van der Waals surface area contributed by atoms with Gasteiger partial charge < -0.3 is 10.1 Å². The van der Waals surface area contributed by atoms with Gasteiger partial charge in [0.1, 0.15) is 5.82 Å². The molecule has 3 rings (SSSR count). The maximum absolute atomic E-state index is 12.0. The van der Waals surface area contributed by atoms with Gasteiger partial charge in [0.15, 0.2) is 5.65 Å². The molecule has 0 saturated heterocycles. The monoisotopic (exact) mass is 274 g/mol. The van der Waals surface area contributed by atoms with Crippen molar-refractivity contribution in [3.8, 4) is 0 Å². The molecule has 6 heteroatoms. The molecule has 0 radical (unpaired) electrons. The Balaban J connectivity index is 2.01. The van der Waals surface area contributed by atoms with Gasteiger partial charge in [-0.3, -0.25) is 4.79 Å². The summed E-state index contributed by atoms with van der Waals surface area (Å²) in [7, 11) is 0. The summed E-state index contributed by atoms with van der Waals surface area (Å²) in [4.78, 5) is 16.4. The number of hydrogen-bond acceptors (Lipinski definition) is 5. The minimum Gasteiger partial charge on any atom is -0.466 e. The molecule has 20 heavy (non-hydrogen) atoms. The van der Waals surface area contributed by atoms with Gasteiger partial charge in [-0.2, -0.15) is 5.10 Å². The van der Waals surface area contributed by atoms with Crippen LogP contribution >= 0.6 is 0 Å². The van der Waals surface area contributed by atoms with Crippen molar-refractivity contribution in [3.63, 3.8) is 0 Å². The number of carbonyl (C=O) groups is 1. The molecule has 2 aromatic heterocycles. The number of pyridine rings is 1. The molecule has 1 aliphatic heterocycles. The van der Waals surface area contributed by atoms with Crippen LogP contribution in [0.1, 0.15) is 25.6 Å². The van der Waals surface area contributed by atoms with E-state index in [1.54, 1.807) is 0 Å². The molecule has 2 atom stereocenters. The average molecular weight is 274 g/mol. The highest BCUT2D eigenvalue weighted by Gasteiger charge is 2.34. The molecule has 0 aromatic carbocycles. The molecule has 0 fully saturated rings. The second-order valence-corrected chi connectivity index (χ2v) is 5.10. The SMILES string of the molecule is CCOC(=O)C1CNc2c3ccc(C)nc3nn2C1C. The highest BCUT2D eigenvalue weighted by molar-refractivity contribution is 5.88. The van der Waals surface area contributed by atoms with Gasteiger partial charge in [-0.05, 0) is 32.9 Å². The molecule has 1 N–H and O–H groups in total. The number of aromatic nitrogens is 3. The van der Waals surface area contributed by atoms with E-state index in [4.69, 9.17) is 4.74 Å². The molecule has 0 amide bonds. The Kier molecular flexibility index (Phi) is 3.08. The maximum atomic E-state index is 12.0.